The molecule has 1 saturated heterocycles. The van der Waals surface area contributed by atoms with Crippen molar-refractivity contribution in [3.05, 3.63) is 89.5 Å². The van der Waals surface area contributed by atoms with Crippen LogP contribution in [0.1, 0.15) is 44.4 Å². The van der Waals surface area contributed by atoms with E-state index in [1.165, 1.54) is 0 Å². The molecule has 0 spiro atoms. The summed E-state index contributed by atoms with van der Waals surface area (Å²) in [6.07, 6.45) is 12.6. The van der Waals surface area contributed by atoms with Gasteiger partial charge in [0.25, 0.3) is 0 Å². The third-order valence-electron chi connectivity index (χ3n) is 5.93. The normalized spacial score (nSPS) is 16.7. The Hall–Kier alpha value is -2.73. The zero-order valence-electron chi connectivity index (χ0n) is 20.7. The van der Waals surface area contributed by atoms with Crippen LogP contribution in [-0.2, 0) is 11.3 Å². The molecule has 1 aliphatic heterocycles. The minimum absolute atomic E-state index is 0. The van der Waals surface area contributed by atoms with Crippen LogP contribution in [0.3, 0.4) is 0 Å². The summed E-state index contributed by atoms with van der Waals surface area (Å²) < 4.78 is 6.23. The predicted molar refractivity (Wildman–Crippen MR) is 150 cm³/mol. The van der Waals surface area contributed by atoms with Gasteiger partial charge in [-0.15, -0.1) is 12.4 Å². The van der Waals surface area contributed by atoms with E-state index in [4.69, 9.17) is 16.0 Å². The minimum Gasteiger partial charge on any atom is -0.456 e. The van der Waals surface area contributed by atoms with Crippen molar-refractivity contribution < 1.29 is 9.21 Å². The van der Waals surface area contributed by atoms with E-state index < -0.39 is 0 Å². The highest BCUT2D eigenvalue weighted by molar-refractivity contribution is 6.31. The van der Waals surface area contributed by atoms with Crippen LogP contribution < -0.4 is 10.6 Å². The largest absolute Gasteiger partial charge is 0.456 e. The second-order valence-corrected chi connectivity index (χ2v) is 9.04. The topological polar surface area (TPSA) is 57.5 Å². The zero-order valence-corrected chi connectivity index (χ0v) is 22.3. The Kier molecular flexibility index (Phi) is 10.9. The van der Waals surface area contributed by atoms with E-state index in [1.807, 2.05) is 63.4 Å². The molecule has 0 radical (unpaired) electrons. The Bertz CT molecular complexity index is 1150. The van der Waals surface area contributed by atoms with Crippen LogP contribution in [0.2, 0.25) is 5.02 Å². The molecule has 1 fully saturated rings. The SMILES string of the molecule is C=C/C(=C\C=C/C)c1cc2cc(Cl)cc(CN(C)/C(C)=C\C(=C)NC(=O)[C@@H]3CCCCN3)c2o1.Cl. The Labute approximate surface area is 219 Å². The molecule has 1 atom stereocenters. The highest BCUT2D eigenvalue weighted by atomic mass is 35.5. The molecule has 1 aromatic carbocycles. The second kappa shape index (κ2) is 13.4. The first-order chi connectivity index (χ1) is 16.3. The zero-order chi connectivity index (χ0) is 24.7. The van der Waals surface area contributed by atoms with Gasteiger partial charge < -0.3 is 20.0 Å². The lowest BCUT2D eigenvalue weighted by Gasteiger charge is -2.23. The van der Waals surface area contributed by atoms with Crippen molar-refractivity contribution in [2.75, 3.05) is 13.6 Å². The molecule has 7 heteroatoms. The van der Waals surface area contributed by atoms with Gasteiger partial charge in [0.1, 0.15) is 11.3 Å². The molecule has 0 saturated carbocycles. The Morgan fingerprint density at radius 1 is 1.34 bits per heavy atom. The van der Waals surface area contributed by atoms with Gasteiger partial charge in [-0.2, -0.15) is 0 Å². The van der Waals surface area contributed by atoms with Crippen molar-refractivity contribution in [2.24, 2.45) is 0 Å². The number of hydrogen-bond donors (Lipinski definition) is 2. The van der Waals surface area contributed by atoms with Crippen molar-refractivity contribution in [2.45, 2.75) is 45.7 Å². The molecule has 3 rings (SSSR count). The molecule has 1 amide bonds. The highest BCUT2D eigenvalue weighted by Crippen LogP contribution is 2.31. The van der Waals surface area contributed by atoms with Crippen molar-refractivity contribution in [3.8, 4) is 0 Å². The fourth-order valence-corrected chi connectivity index (χ4v) is 4.24. The van der Waals surface area contributed by atoms with E-state index in [2.05, 4.69) is 28.7 Å². The average molecular weight is 517 g/mol. The predicted octanol–water partition coefficient (Wildman–Crippen LogP) is 6.76. The number of hydrogen-bond acceptors (Lipinski definition) is 4. The van der Waals surface area contributed by atoms with Gasteiger partial charge >= 0.3 is 0 Å². The monoisotopic (exact) mass is 515 g/mol. The van der Waals surface area contributed by atoms with Crippen LogP contribution in [0.4, 0.5) is 0 Å². The van der Waals surface area contributed by atoms with Crippen LogP contribution in [-0.4, -0.2) is 30.4 Å². The van der Waals surface area contributed by atoms with Gasteiger partial charge in [0, 0.05) is 46.5 Å². The lowest BCUT2D eigenvalue weighted by Crippen LogP contribution is -2.46. The molecule has 1 aromatic heterocycles. The molecule has 5 nitrogen and oxygen atoms in total. The average Bonchev–Trinajstić information content (AvgIpc) is 3.23. The summed E-state index contributed by atoms with van der Waals surface area (Å²) in [6.45, 7) is 13.3. The number of carbonyl (C=O) groups excluding carboxylic acids is 1. The first-order valence-electron chi connectivity index (χ1n) is 11.6. The maximum absolute atomic E-state index is 12.5. The van der Waals surface area contributed by atoms with E-state index in [0.717, 1.165) is 59.4 Å². The van der Waals surface area contributed by atoms with Gasteiger partial charge in [-0.3, -0.25) is 4.79 Å². The molecule has 1 aliphatic rings. The fourth-order valence-electron chi connectivity index (χ4n) is 4.00. The Morgan fingerprint density at radius 3 is 2.77 bits per heavy atom. The van der Waals surface area contributed by atoms with Crippen LogP contribution in [0, 0.1) is 0 Å². The maximum atomic E-state index is 12.5. The first kappa shape index (κ1) is 28.5. The Morgan fingerprint density at radius 2 is 2.11 bits per heavy atom. The number of furan rings is 1. The summed E-state index contributed by atoms with van der Waals surface area (Å²) in [5.41, 5.74) is 4.20. The third-order valence-corrected chi connectivity index (χ3v) is 6.15. The summed E-state index contributed by atoms with van der Waals surface area (Å²) in [7, 11) is 1.99. The minimum atomic E-state index is -0.146. The molecule has 0 unspecified atom stereocenters. The van der Waals surface area contributed by atoms with Crippen LogP contribution in [0.15, 0.2) is 77.5 Å². The molecule has 2 N–H and O–H groups in total. The molecule has 0 bridgehead atoms. The number of nitrogens with zero attached hydrogens (tertiary/aromatic N) is 1. The van der Waals surface area contributed by atoms with Crippen molar-refractivity contribution in [1.82, 2.24) is 15.5 Å². The van der Waals surface area contributed by atoms with Gasteiger partial charge in [0.2, 0.25) is 5.91 Å². The number of fused-ring (bicyclic) bond motifs is 1. The van der Waals surface area contributed by atoms with E-state index in [9.17, 15) is 4.79 Å². The third kappa shape index (κ3) is 7.63. The molecule has 35 heavy (non-hydrogen) atoms. The summed E-state index contributed by atoms with van der Waals surface area (Å²) in [5.74, 6) is 0.717. The quantitative estimate of drug-likeness (QED) is 0.362. The number of nitrogens with one attached hydrogen (secondary N) is 2. The molecule has 2 aromatic rings. The number of halogens is 2. The number of amides is 1. The summed E-state index contributed by atoms with van der Waals surface area (Å²) in [4.78, 5) is 14.5. The summed E-state index contributed by atoms with van der Waals surface area (Å²) in [5, 5.41) is 7.77. The van der Waals surface area contributed by atoms with E-state index in [-0.39, 0.29) is 24.4 Å². The van der Waals surface area contributed by atoms with Crippen LogP contribution in [0.5, 0.6) is 0 Å². The number of carbonyl (C=O) groups is 1. The van der Waals surface area contributed by atoms with Crippen molar-refractivity contribution in [1.29, 1.82) is 0 Å². The Balaban J connectivity index is 0.00000432. The molecule has 188 valence electrons. The standard InChI is InChI=1S/C28H34ClN3O2.ClH/c1-6-8-11-21(7-2)26-17-22-15-24(29)16-23(27(22)34-26)18-32(5)20(4)14-19(3)31-28(33)25-12-9-10-13-30-25;/h6-8,11,14-17,25,30H,2-3,9-10,12-13,18H2,1,4-5H3,(H,31,33);1H/b8-6-,20-14-,21-11+;/t25-;/m0./s1. The van der Waals surface area contributed by atoms with Gasteiger partial charge in [-0.1, -0.05) is 55.5 Å². The van der Waals surface area contributed by atoms with Crippen molar-refractivity contribution >= 4 is 46.5 Å². The fraction of sp³-hybridized carbons (Fsp3) is 0.321. The van der Waals surface area contributed by atoms with Gasteiger partial charge in [0.15, 0.2) is 0 Å². The molecular weight excluding hydrogens is 481 g/mol. The second-order valence-electron chi connectivity index (χ2n) is 8.60. The summed E-state index contributed by atoms with van der Waals surface area (Å²) in [6, 6.07) is 5.67. The molecule has 2 heterocycles. The van der Waals surface area contributed by atoms with Crippen LogP contribution in [0.25, 0.3) is 16.5 Å². The van der Waals surface area contributed by atoms with Gasteiger partial charge in [-0.05, 0) is 57.5 Å². The lowest BCUT2D eigenvalue weighted by molar-refractivity contribution is -0.122. The number of benzene rings is 1. The number of rotatable bonds is 9. The highest BCUT2D eigenvalue weighted by Gasteiger charge is 2.20. The van der Waals surface area contributed by atoms with E-state index in [0.29, 0.717) is 17.3 Å². The van der Waals surface area contributed by atoms with Gasteiger partial charge in [-0.25, -0.2) is 0 Å². The summed E-state index contributed by atoms with van der Waals surface area (Å²) >= 11 is 6.42. The molecule has 0 aliphatic carbocycles. The van der Waals surface area contributed by atoms with Crippen molar-refractivity contribution in [3.63, 3.8) is 0 Å². The van der Waals surface area contributed by atoms with E-state index in [1.54, 1.807) is 6.08 Å². The lowest BCUT2D eigenvalue weighted by atomic mass is 10.0. The number of allylic oxidation sites excluding steroid dienone is 7. The smallest absolute Gasteiger partial charge is 0.241 e. The number of piperidine rings is 1. The van der Waals surface area contributed by atoms with Gasteiger partial charge in [0.05, 0.1) is 6.04 Å². The van der Waals surface area contributed by atoms with E-state index >= 15 is 0 Å². The maximum Gasteiger partial charge on any atom is 0.241 e. The first-order valence-corrected chi connectivity index (χ1v) is 12.0. The van der Waals surface area contributed by atoms with Crippen LogP contribution >= 0.6 is 24.0 Å². The molecular formula is C28H35Cl2N3O2.